The third kappa shape index (κ3) is 9.98. The van der Waals surface area contributed by atoms with Gasteiger partial charge >= 0.3 is 6.09 Å². The molecule has 4 rings (SSSR count). The van der Waals surface area contributed by atoms with Gasteiger partial charge in [0.15, 0.2) is 0 Å². The summed E-state index contributed by atoms with van der Waals surface area (Å²) in [4.78, 5) is 14.7. The fourth-order valence-corrected chi connectivity index (χ4v) is 5.70. The molecule has 1 heterocycles. The van der Waals surface area contributed by atoms with Crippen LogP contribution in [-0.4, -0.2) is 56.1 Å². The van der Waals surface area contributed by atoms with E-state index < -0.39 is 5.60 Å². The summed E-state index contributed by atoms with van der Waals surface area (Å²) in [5.74, 6) is 1.80. The van der Waals surface area contributed by atoms with Crippen molar-refractivity contribution in [2.75, 3.05) is 33.4 Å². The van der Waals surface area contributed by atoms with Gasteiger partial charge in [-0.1, -0.05) is 58.4 Å². The molecule has 0 radical (unpaired) electrons. The van der Waals surface area contributed by atoms with E-state index in [9.17, 15) is 4.79 Å². The van der Waals surface area contributed by atoms with E-state index in [1.165, 1.54) is 11.1 Å². The average Bonchev–Trinajstić information content (AvgIpc) is 2.98. The number of halogens is 1. The fraction of sp³-hybridized carbons (Fsp3) is 0.457. The number of methoxy groups -OCH3 is 1. The van der Waals surface area contributed by atoms with Crippen molar-refractivity contribution in [1.82, 2.24) is 4.90 Å². The van der Waals surface area contributed by atoms with Gasteiger partial charge in [-0.2, -0.15) is 0 Å². The predicted octanol–water partition coefficient (Wildman–Crippen LogP) is 8.06. The topological polar surface area (TPSA) is 66.5 Å². The molecule has 1 aliphatic heterocycles. The zero-order valence-corrected chi connectivity index (χ0v) is 27.5. The molecule has 0 aromatic heterocycles. The van der Waals surface area contributed by atoms with Gasteiger partial charge in [-0.05, 0) is 75.1 Å². The first-order chi connectivity index (χ1) is 20.6. The van der Waals surface area contributed by atoms with Crippen LogP contribution in [0.2, 0.25) is 0 Å². The van der Waals surface area contributed by atoms with Gasteiger partial charge in [0.2, 0.25) is 0 Å². The molecule has 1 aliphatic rings. The van der Waals surface area contributed by atoms with E-state index in [0.29, 0.717) is 39.5 Å². The molecule has 2 unspecified atom stereocenters. The molecule has 1 amide bonds. The normalized spacial score (nSPS) is 17.0. The standard InChI is InChI=1S/C35H44BrNO6/c1-25-11-12-27(31(36)21-25)24-42-33-22-37(34(38)43-35(2,3)4)18-17-30(33)26-13-15-29(16-14-26)41-20-8-19-40-23-28-9-6-7-10-32(28)39-5/h6-7,9-16,21,30,33H,8,17-20,22-24H2,1-5H3. The van der Waals surface area contributed by atoms with E-state index in [1.807, 2.05) is 57.2 Å². The molecule has 0 N–H and O–H groups in total. The van der Waals surface area contributed by atoms with E-state index in [4.69, 9.17) is 23.7 Å². The second-order valence-electron chi connectivity index (χ2n) is 11.9. The van der Waals surface area contributed by atoms with Gasteiger partial charge in [0.1, 0.15) is 17.1 Å². The second kappa shape index (κ2) is 15.6. The summed E-state index contributed by atoms with van der Waals surface area (Å²) in [5.41, 5.74) is 3.92. The Labute approximate surface area is 264 Å². The van der Waals surface area contributed by atoms with Gasteiger partial charge in [0.25, 0.3) is 0 Å². The Morgan fingerprint density at radius 2 is 1.74 bits per heavy atom. The van der Waals surface area contributed by atoms with Crippen molar-refractivity contribution in [2.24, 2.45) is 0 Å². The minimum absolute atomic E-state index is 0.139. The largest absolute Gasteiger partial charge is 0.496 e. The van der Waals surface area contributed by atoms with Crippen molar-refractivity contribution in [3.8, 4) is 11.5 Å². The highest BCUT2D eigenvalue weighted by molar-refractivity contribution is 9.10. The summed E-state index contributed by atoms with van der Waals surface area (Å²) in [6.07, 6.45) is 1.08. The number of ether oxygens (including phenoxy) is 5. The Bertz CT molecular complexity index is 1320. The van der Waals surface area contributed by atoms with Gasteiger partial charge in [0.05, 0.1) is 46.2 Å². The van der Waals surface area contributed by atoms with Gasteiger partial charge < -0.3 is 28.6 Å². The van der Waals surface area contributed by atoms with Crippen molar-refractivity contribution < 1.29 is 28.5 Å². The smallest absolute Gasteiger partial charge is 0.410 e. The van der Waals surface area contributed by atoms with Gasteiger partial charge in [-0.15, -0.1) is 0 Å². The number of aryl methyl sites for hydroxylation is 1. The molecule has 0 bridgehead atoms. The Morgan fingerprint density at radius 3 is 2.47 bits per heavy atom. The highest BCUT2D eigenvalue weighted by Crippen LogP contribution is 2.33. The molecule has 8 heteroatoms. The van der Waals surface area contributed by atoms with Crippen molar-refractivity contribution >= 4 is 22.0 Å². The van der Waals surface area contributed by atoms with Crippen molar-refractivity contribution in [2.45, 2.75) is 71.4 Å². The number of piperidine rings is 1. The number of carbonyl (C=O) groups is 1. The minimum Gasteiger partial charge on any atom is -0.496 e. The first-order valence-corrected chi connectivity index (χ1v) is 15.7. The molecule has 232 valence electrons. The Balaban J connectivity index is 1.32. The molecule has 3 aromatic rings. The summed E-state index contributed by atoms with van der Waals surface area (Å²) in [6.45, 7) is 10.9. The average molecular weight is 655 g/mol. The van der Waals surface area contributed by atoms with Crippen LogP contribution in [0.4, 0.5) is 4.79 Å². The van der Waals surface area contributed by atoms with Crippen molar-refractivity contribution in [1.29, 1.82) is 0 Å². The maximum absolute atomic E-state index is 12.9. The van der Waals surface area contributed by atoms with Crippen LogP contribution < -0.4 is 9.47 Å². The Hall–Kier alpha value is -3.07. The van der Waals surface area contributed by atoms with Gasteiger partial charge in [-0.3, -0.25) is 0 Å². The summed E-state index contributed by atoms with van der Waals surface area (Å²) in [6, 6.07) is 22.4. The van der Waals surface area contributed by atoms with Crippen LogP contribution >= 0.6 is 15.9 Å². The van der Waals surface area contributed by atoms with E-state index in [1.54, 1.807) is 12.0 Å². The third-order valence-electron chi connectivity index (χ3n) is 7.33. The van der Waals surface area contributed by atoms with Crippen LogP contribution in [0.15, 0.2) is 71.2 Å². The molecular formula is C35H44BrNO6. The lowest BCUT2D eigenvalue weighted by atomic mass is 9.87. The van der Waals surface area contributed by atoms with Gasteiger partial charge in [-0.25, -0.2) is 4.79 Å². The van der Waals surface area contributed by atoms with E-state index in [2.05, 4.69) is 53.2 Å². The molecule has 3 aromatic carbocycles. The molecule has 2 atom stereocenters. The minimum atomic E-state index is -0.547. The maximum Gasteiger partial charge on any atom is 0.410 e. The molecule has 0 aliphatic carbocycles. The number of carbonyl (C=O) groups excluding carboxylic acids is 1. The van der Waals surface area contributed by atoms with Crippen LogP contribution in [-0.2, 0) is 27.4 Å². The van der Waals surface area contributed by atoms with Crippen LogP contribution in [0.1, 0.15) is 61.8 Å². The summed E-state index contributed by atoms with van der Waals surface area (Å²) in [5, 5.41) is 0. The summed E-state index contributed by atoms with van der Waals surface area (Å²) >= 11 is 3.67. The van der Waals surface area contributed by atoms with Crippen LogP contribution in [0.5, 0.6) is 11.5 Å². The van der Waals surface area contributed by atoms with Gasteiger partial charge in [0, 0.05) is 28.9 Å². The molecule has 1 fully saturated rings. The first-order valence-electron chi connectivity index (χ1n) is 14.9. The van der Waals surface area contributed by atoms with Crippen molar-refractivity contribution in [3.63, 3.8) is 0 Å². The number of benzene rings is 3. The van der Waals surface area contributed by atoms with E-state index in [0.717, 1.165) is 39.9 Å². The Morgan fingerprint density at radius 1 is 0.977 bits per heavy atom. The maximum atomic E-state index is 12.9. The predicted molar refractivity (Wildman–Crippen MR) is 172 cm³/mol. The summed E-state index contributed by atoms with van der Waals surface area (Å²) in [7, 11) is 1.67. The molecule has 43 heavy (non-hydrogen) atoms. The lowest BCUT2D eigenvalue weighted by molar-refractivity contribution is -0.0361. The van der Waals surface area contributed by atoms with Crippen LogP contribution in [0, 0.1) is 6.92 Å². The summed E-state index contributed by atoms with van der Waals surface area (Å²) < 4.78 is 30.4. The number of hydrogen-bond donors (Lipinski definition) is 0. The van der Waals surface area contributed by atoms with Crippen LogP contribution in [0.25, 0.3) is 0 Å². The highest BCUT2D eigenvalue weighted by atomic mass is 79.9. The number of likely N-dealkylation sites (tertiary alicyclic amines) is 1. The molecule has 0 spiro atoms. The van der Waals surface area contributed by atoms with E-state index >= 15 is 0 Å². The second-order valence-corrected chi connectivity index (χ2v) is 12.8. The first kappa shape index (κ1) is 32.8. The molecule has 0 saturated carbocycles. The van der Waals surface area contributed by atoms with Crippen LogP contribution in [0.3, 0.4) is 0 Å². The number of hydrogen-bond acceptors (Lipinski definition) is 6. The zero-order valence-electron chi connectivity index (χ0n) is 25.9. The number of nitrogens with zero attached hydrogens (tertiary/aromatic N) is 1. The lowest BCUT2D eigenvalue weighted by Crippen LogP contribution is -2.48. The number of para-hydroxylation sites is 1. The quantitative estimate of drug-likeness (QED) is 0.184. The SMILES string of the molecule is COc1ccccc1COCCCOc1ccc(C2CCN(C(=O)OC(C)(C)C)CC2OCc2ccc(C)cc2Br)cc1. The molecular weight excluding hydrogens is 610 g/mol. The fourth-order valence-electron chi connectivity index (χ4n) is 5.09. The van der Waals surface area contributed by atoms with Crippen molar-refractivity contribution in [3.05, 3.63) is 93.5 Å². The molecule has 7 nitrogen and oxygen atoms in total. The monoisotopic (exact) mass is 653 g/mol. The van der Waals surface area contributed by atoms with E-state index in [-0.39, 0.29) is 18.1 Å². The zero-order chi connectivity index (χ0) is 30.8. The highest BCUT2D eigenvalue weighted by Gasteiger charge is 2.35. The Kier molecular flexibility index (Phi) is 11.9. The molecule has 1 saturated heterocycles. The number of rotatable bonds is 12. The third-order valence-corrected chi connectivity index (χ3v) is 8.07. The number of amides is 1. The lowest BCUT2D eigenvalue weighted by Gasteiger charge is -2.39.